The molecule has 1 aliphatic rings. The van der Waals surface area contributed by atoms with Crippen LogP contribution >= 0.6 is 11.6 Å². The lowest BCUT2D eigenvalue weighted by molar-refractivity contribution is 0.460. The molecule has 3 rings (SSSR count). The number of hydrogen-bond acceptors (Lipinski definition) is 1. The Bertz CT molecular complexity index is 573. The topological polar surface area (TPSA) is 17.8 Å². The number of rotatable bonds is 3. The van der Waals surface area contributed by atoms with Gasteiger partial charge in [-0.15, -0.1) is 0 Å². The number of aromatic nitrogens is 2. The van der Waals surface area contributed by atoms with Crippen molar-refractivity contribution >= 4 is 11.6 Å². The van der Waals surface area contributed by atoms with Crippen molar-refractivity contribution in [1.29, 1.82) is 0 Å². The highest BCUT2D eigenvalue weighted by Gasteiger charge is 2.18. The van der Waals surface area contributed by atoms with E-state index in [0.29, 0.717) is 5.02 Å². The highest BCUT2D eigenvalue weighted by molar-refractivity contribution is 6.33. The van der Waals surface area contributed by atoms with Crippen LogP contribution in [0.1, 0.15) is 25.7 Å². The molecule has 1 fully saturated rings. The zero-order valence-corrected chi connectivity index (χ0v) is 11.4. The number of benzene rings is 1. The highest BCUT2D eigenvalue weighted by Crippen LogP contribution is 2.30. The molecule has 2 aromatic rings. The summed E-state index contributed by atoms with van der Waals surface area (Å²) in [7, 11) is 0. The predicted molar refractivity (Wildman–Crippen MR) is 74.6 cm³/mol. The zero-order chi connectivity index (χ0) is 13.2. The van der Waals surface area contributed by atoms with Gasteiger partial charge in [-0.1, -0.05) is 24.4 Å². The summed E-state index contributed by atoms with van der Waals surface area (Å²) in [6, 6.07) is 4.46. The van der Waals surface area contributed by atoms with Crippen LogP contribution in [-0.4, -0.2) is 9.55 Å². The van der Waals surface area contributed by atoms with Gasteiger partial charge >= 0.3 is 0 Å². The van der Waals surface area contributed by atoms with E-state index >= 15 is 0 Å². The van der Waals surface area contributed by atoms with E-state index in [9.17, 15) is 4.39 Å². The van der Waals surface area contributed by atoms with Gasteiger partial charge < -0.3 is 4.57 Å². The summed E-state index contributed by atoms with van der Waals surface area (Å²) in [5, 5.41) is 0.416. The van der Waals surface area contributed by atoms with Crippen LogP contribution in [0.15, 0.2) is 30.6 Å². The van der Waals surface area contributed by atoms with Crippen LogP contribution in [0, 0.1) is 11.7 Å². The van der Waals surface area contributed by atoms with Crippen molar-refractivity contribution in [2.75, 3.05) is 0 Å². The molecule has 0 aliphatic heterocycles. The number of halogens is 2. The van der Waals surface area contributed by atoms with Gasteiger partial charge in [0.05, 0.1) is 5.02 Å². The maximum atomic E-state index is 13.1. The van der Waals surface area contributed by atoms with E-state index in [-0.39, 0.29) is 5.82 Å². The summed E-state index contributed by atoms with van der Waals surface area (Å²) in [4.78, 5) is 4.38. The van der Waals surface area contributed by atoms with E-state index < -0.39 is 0 Å². The molecule has 1 aliphatic carbocycles. The second-order valence-corrected chi connectivity index (χ2v) is 5.59. The monoisotopic (exact) mass is 278 g/mol. The van der Waals surface area contributed by atoms with Gasteiger partial charge in [0.25, 0.3) is 0 Å². The molecule has 0 amide bonds. The molecule has 1 aromatic carbocycles. The quantitative estimate of drug-likeness (QED) is 0.806. The number of nitrogens with zero attached hydrogens (tertiary/aromatic N) is 2. The average molecular weight is 279 g/mol. The Balaban J connectivity index is 1.90. The Kier molecular flexibility index (Phi) is 3.56. The molecule has 0 atom stereocenters. The molecule has 0 saturated heterocycles. The fourth-order valence-electron chi connectivity index (χ4n) is 2.84. The van der Waals surface area contributed by atoms with Crippen molar-refractivity contribution in [3.8, 4) is 11.4 Å². The van der Waals surface area contributed by atoms with Crippen molar-refractivity contribution in [2.24, 2.45) is 5.92 Å². The van der Waals surface area contributed by atoms with Gasteiger partial charge in [-0.3, -0.25) is 0 Å². The Labute approximate surface area is 117 Å². The van der Waals surface area contributed by atoms with E-state index in [1.165, 1.54) is 37.8 Å². The van der Waals surface area contributed by atoms with Gasteiger partial charge in [-0.05, 0) is 37.0 Å². The third-order valence-electron chi connectivity index (χ3n) is 3.82. The summed E-state index contributed by atoms with van der Waals surface area (Å²) in [5.74, 6) is 1.24. The standard InChI is InChI=1S/C15H16ClFN2/c16-14-9-12(17)5-6-13(14)15-18-7-8-19(15)10-11-3-1-2-4-11/h5-9,11H,1-4,10H2. The van der Waals surface area contributed by atoms with Crippen molar-refractivity contribution in [2.45, 2.75) is 32.2 Å². The molecule has 1 aromatic heterocycles. The van der Waals surface area contributed by atoms with Crippen LogP contribution in [0.4, 0.5) is 4.39 Å². The van der Waals surface area contributed by atoms with Crippen LogP contribution < -0.4 is 0 Å². The van der Waals surface area contributed by atoms with Crippen molar-refractivity contribution in [3.05, 3.63) is 41.4 Å². The zero-order valence-electron chi connectivity index (χ0n) is 10.6. The van der Waals surface area contributed by atoms with Gasteiger partial charge in [0, 0.05) is 24.5 Å². The molecule has 2 nitrogen and oxygen atoms in total. The summed E-state index contributed by atoms with van der Waals surface area (Å²) in [6.45, 7) is 0.975. The van der Waals surface area contributed by atoms with Gasteiger partial charge in [0.2, 0.25) is 0 Å². The molecule has 100 valence electrons. The highest BCUT2D eigenvalue weighted by atomic mass is 35.5. The van der Waals surface area contributed by atoms with Crippen LogP contribution in [0.2, 0.25) is 5.02 Å². The normalized spacial score (nSPS) is 16.1. The second-order valence-electron chi connectivity index (χ2n) is 5.18. The molecule has 0 N–H and O–H groups in total. The molecular formula is C15H16ClFN2. The van der Waals surface area contributed by atoms with Crippen molar-refractivity contribution in [3.63, 3.8) is 0 Å². The molecule has 0 unspecified atom stereocenters. The Hall–Kier alpha value is -1.35. The lowest BCUT2D eigenvalue weighted by atomic mass is 10.1. The largest absolute Gasteiger partial charge is 0.331 e. The van der Waals surface area contributed by atoms with Crippen molar-refractivity contribution < 1.29 is 4.39 Å². The van der Waals surface area contributed by atoms with Crippen LogP contribution in [0.3, 0.4) is 0 Å². The first-order valence-corrected chi connectivity index (χ1v) is 7.08. The number of imidazole rings is 1. The summed E-state index contributed by atoms with van der Waals surface area (Å²) >= 11 is 6.12. The minimum Gasteiger partial charge on any atom is -0.331 e. The van der Waals surface area contributed by atoms with E-state index in [2.05, 4.69) is 9.55 Å². The van der Waals surface area contributed by atoms with Crippen LogP contribution in [0.5, 0.6) is 0 Å². The fourth-order valence-corrected chi connectivity index (χ4v) is 3.09. The Morgan fingerprint density at radius 1 is 1.32 bits per heavy atom. The van der Waals surface area contributed by atoms with E-state index in [0.717, 1.165) is 23.9 Å². The SMILES string of the molecule is Fc1ccc(-c2nccn2CC2CCCC2)c(Cl)c1. The first kappa shape index (κ1) is 12.7. The van der Waals surface area contributed by atoms with Gasteiger partial charge in [0.15, 0.2) is 0 Å². The summed E-state index contributed by atoms with van der Waals surface area (Å²) in [5.41, 5.74) is 0.797. The van der Waals surface area contributed by atoms with E-state index in [1.54, 1.807) is 12.3 Å². The summed E-state index contributed by atoms with van der Waals surface area (Å²) in [6.07, 6.45) is 8.98. The van der Waals surface area contributed by atoms with Gasteiger partial charge in [0.1, 0.15) is 11.6 Å². The van der Waals surface area contributed by atoms with Crippen molar-refractivity contribution in [1.82, 2.24) is 9.55 Å². The molecule has 0 bridgehead atoms. The summed E-state index contributed by atoms with van der Waals surface area (Å²) < 4.78 is 15.2. The Morgan fingerprint density at radius 3 is 2.84 bits per heavy atom. The lowest BCUT2D eigenvalue weighted by Gasteiger charge is -2.13. The maximum absolute atomic E-state index is 13.1. The van der Waals surface area contributed by atoms with E-state index in [1.807, 2.05) is 6.20 Å². The molecule has 0 radical (unpaired) electrons. The predicted octanol–water partition coefficient (Wildman–Crippen LogP) is 4.53. The molecule has 4 heteroatoms. The average Bonchev–Trinajstić information content (AvgIpc) is 3.02. The maximum Gasteiger partial charge on any atom is 0.141 e. The van der Waals surface area contributed by atoms with Crippen LogP contribution in [-0.2, 0) is 6.54 Å². The third kappa shape index (κ3) is 2.66. The third-order valence-corrected chi connectivity index (χ3v) is 4.13. The molecule has 1 saturated carbocycles. The minimum absolute atomic E-state index is 0.317. The van der Waals surface area contributed by atoms with Crippen LogP contribution in [0.25, 0.3) is 11.4 Å². The van der Waals surface area contributed by atoms with Gasteiger partial charge in [-0.2, -0.15) is 0 Å². The van der Waals surface area contributed by atoms with Gasteiger partial charge in [-0.25, -0.2) is 9.37 Å². The Morgan fingerprint density at radius 2 is 2.11 bits per heavy atom. The molecule has 19 heavy (non-hydrogen) atoms. The first-order chi connectivity index (χ1) is 9.24. The van der Waals surface area contributed by atoms with E-state index in [4.69, 9.17) is 11.6 Å². The first-order valence-electron chi connectivity index (χ1n) is 6.70. The molecule has 1 heterocycles. The molecule has 0 spiro atoms. The smallest absolute Gasteiger partial charge is 0.141 e. The number of hydrogen-bond donors (Lipinski definition) is 0. The fraction of sp³-hybridized carbons (Fsp3) is 0.400. The molecular weight excluding hydrogens is 263 g/mol. The minimum atomic E-state index is -0.317. The lowest BCUT2D eigenvalue weighted by Crippen LogP contribution is -2.08. The second kappa shape index (κ2) is 5.33.